The normalized spacial score (nSPS) is 11.1. The summed E-state index contributed by atoms with van der Waals surface area (Å²) in [6.07, 6.45) is 0. The van der Waals surface area contributed by atoms with Crippen molar-refractivity contribution in [1.82, 2.24) is 4.98 Å². The van der Waals surface area contributed by atoms with Crippen molar-refractivity contribution in [2.24, 2.45) is 0 Å². The molecule has 3 aromatic rings. The van der Waals surface area contributed by atoms with E-state index in [9.17, 15) is 9.90 Å². The van der Waals surface area contributed by atoms with Gasteiger partial charge in [0.2, 0.25) is 0 Å². The standard InChI is InChI=1S/C18H17NO2S/c1-9-5-10(2)17-14(6-9)15(18(20)21)8-16(19-17)13-7-11(3)22-12(13)4/h5-8H,1-4H3,(H,20,21). The van der Waals surface area contributed by atoms with E-state index >= 15 is 0 Å². The molecule has 2 aromatic heterocycles. The van der Waals surface area contributed by atoms with Crippen molar-refractivity contribution >= 4 is 28.2 Å². The number of thiophene rings is 1. The second-order valence-electron chi connectivity index (χ2n) is 5.67. The van der Waals surface area contributed by atoms with Crippen LogP contribution in [0.25, 0.3) is 22.2 Å². The third kappa shape index (κ3) is 2.40. The maximum Gasteiger partial charge on any atom is 0.336 e. The molecule has 3 nitrogen and oxygen atoms in total. The highest BCUT2D eigenvalue weighted by atomic mass is 32.1. The van der Waals surface area contributed by atoms with Crippen LogP contribution in [-0.4, -0.2) is 16.1 Å². The molecule has 0 aliphatic rings. The number of aromatic nitrogens is 1. The first-order chi connectivity index (χ1) is 10.4. The predicted octanol–water partition coefficient (Wildman–Crippen LogP) is 4.90. The molecule has 0 bridgehead atoms. The van der Waals surface area contributed by atoms with Crippen LogP contribution in [0.1, 0.15) is 31.2 Å². The number of carbonyl (C=O) groups is 1. The van der Waals surface area contributed by atoms with Gasteiger partial charge in [0.15, 0.2) is 0 Å². The van der Waals surface area contributed by atoms with Crippen LogP contribution in [0.5, 0.6) is 0 Å². The highest BCUT2D eigenvalue weighted by molar-refractivity contribution is 7.12. The third-order valence-electron chi connectivity index (χ3n) is 3.80. The molecule has 1 N–H and O–H groups in total. The minimum atomic E-state index is -0.914. The number of pyridine rings is 1. The molecule has 0 saturated carbocycles. The van der Waals surface area contributed by atoms with Gasteiger partial charge in [0.25, 0.3) is 0 Å². The fourth-order valence-electron chi connectivity index (χ4n) is 2.88. The Kier molecular flexibility index (Phi) is 3.49. The van der Waals surface area contributed by atoms with E-state index in [4.69, 9.17) is 4.98 Å². The molecule has 0 spiro atoms. The molecular weight excluding hydrogens is 294 g/mol. The third-order valence-corrected chi connectivity index (χ3v) is 4.76. The fraction of sp³-hybridized carbons (Fsp3) is 0.222. The Bertz CT molecular complexity index is 909. The van der Waals surface area contributed by atoms with Crippen molar-refractivity contribution in [3.05, 3.63) is 50.7 Å². The van der Waals surface area contributed by atoms with Gasteiger partial charge < -0.3 is 5.11 Å². The van der Waals surface area contributed by atoms with Gasteiger partial charge in [-0.15, -0.1) is 11.3 Å². The minimum absolute atomic E-state index is 0.315. The van der Waals surface area contributed by atoms with E-state index in [-0.39, 0.29) is 0 Å². The average molecular weight is 311 g/mol. The quantitative estimate of drug-likeness (QED) is 0.732. The van der Waals surface area contributed by atoms with Crippen LogP contribution < -0.4 is 0 Å². The molecule has 0 radical (unpaired) electrons. The molecule has 0 saturated heterocycles. The number of hydrogen-bond acceptors (Lipinski definition) is 3. The lowest BCUT2D eigenvalue weighted by atomic mass is 10.00. The summed E-state index contributed by atoms with van der Waals surface area (Å²) < 4.78 is 0. The van der Waals surface area contributed by atoms with Gasteiger partial charge in [-0.05, 0) is 51.5 Å². The van der Waals surface area contributed by atoms with Gasteiger partial charge in [-0.1, -0.05) is 11.6 Å². The Morgan fingerprint density at radius 1 is 1.09 bits per heavy atom. The largest absolute Gasteiger partial charge is 0.478 e. The van der Waals surface area contributed by atoms with Gasteiger partial charge >= 0.3 is 5.97 Å². The summed E-state index contributed by atoms with van der Waals surface area (Å²) in [7, 11) is 0. The van der Waals surface area contributed by atoms with E-state index < -0.39 is 5.97 Å². The van der Waals surface area contributed by atoms with E-state index in [2.05, 4.69) is 13.0 Å². The smallest absolute Gasteiger partial charge is 0.336 e. The SMILES string of the molecule is Cc1cc(C)c2nc(-c3cc(C)sc3C)cc(C(=O)O)c2c1. The molecule has 1 aromatic carbocycles. The van der Waals surface area contributed by atoms with Crippen LogP contribution in [0.15, 0.2) is 24.3 Å². The molecule has 4 heteroatoms. The summed E-state index contributed by atoms with van der Waals surface area (Å²) >= 11 is 1.70. The predicted molar refractivity (Wildman–Crippen MR) is 91.0 cm³/mol. The van der Waals surface area contributed by atoms with Gasteiger partial charge in [0.1, 0.15) is 0 Å². The molecule has 0 amide bonds. The summed E-state index contributed by atoms with van der Waals surface area (Å²) in [6.45, 7) is 8.04. The van der Waals surface area contributed by atoms with Gasteiger partial charge in [0.05, 0.1) is 16.8 Å². The van der Waals surface area contributed by atoms with Gasteiger partial charge in [-0.3, -0.25) is 0 Å². The van der Waals surface area contributed by atoms with Gasteiger partial charge in [-0.2, -0.15) is 0 Å². The number of carboxylic acids is 1. The monoisotopic (exact) mass is 311 g/mol. The van der Waals surface area contributed by atoms with E-state index in [0.717, 1.165) is 32.8 Å². The minimum Gasteiger partial charge on any atom is -0.478 e. The zero-order chi connectivity index (χ0) is 16.0. The van der Waals surface area contributed by atoms with Gasteiger partial charge in [-0.25, -0.2) is 9.78 Å². The number of nitrogens with zero attached hydrogens (tertiary/aromatic N) is 1. The van der Waals surface area contributed by atoms with Crippen molar-refractivity contribution in [1.29, 1.82) is 0 Å². The lowest BCUT2D eigenvalue weighted by molar-refractivity contribution is 0.0699. The molecule has 0 aliphatic heterocycles. The Morgan fingerprint density at radius 2 is 1.82 bits per heavy atom. The Hall–Kier alpha value is -2.20. The van der Waals surface area contributed by atoms with Crippen LogP contribution in [-0.2, 0) is 0 Å². The first kappa shape index (κ1) is 14.7. The topological polar surface area (TPSA) is 50.2 Å². The van der Waals surface area contributed by atoms with Crippen molar-refractivity contribution in [2.45, 2.75) is 27.7 Å². The van der Waals surface area contributed by atoms with Gasteiger partial charge in [0, 0.05) is 20.7 Å². The molecule has 0 unspecified atom stereocenters. The molecule has 2 heterocycles. The highest BCUT2D eigenvalue weighted by Crippen LogP contribution is 2.33. The maximum atomic E-state index is 11.7. The number of aryl methyl sites for hydroxylation is 4. The number of aromatic carboxylic acids is 1. The summed E-state index contributed by atoms with van der Waals surface area (Å²) in [5.74, 6) is -0.914. The van der Waals surface area contributed by atoms with Crippen molar-refractivity contribution in [2.75, 3.05) is 0 Å². The Labute approximate surface area is 133 Å². The lowest BCUT2D eigenvalue weighted by Crippen LogP contribution is -2.01. The first-order valence-corrected chi connectivity index (χ1v) is 7.91. The Morgan fingerprint density at radius 3 is 2.41 bits per heavy atom. The van der Waals surface area contributed by atoms with Crippen molar-refractivity contribution < 1.29 is 9.90 Å². The number of hydrogen-bond donors (Lipinski definition) is 1. The van der Waals surface area contributed by atoms with Crippen LogP contribution in [0.2, 0.25) is 0 Å². The van der Waals surface area contributed by atoms with Crippen LogP contribution >= 0.6 is 11.3 Å². The van der Waals surface area contributed by atoms with Crippen LogP contribution in [0, 0.1) is 27.7 Å². The second-order valence-corrected chi connectivity index (χ2v) is 7.13. The van der Waals surface area contributed by atoms with Crippen molar-refractivity contribution in [3.63, 3.8) is 0 Å². The van der Waals surface area contributed by atoms with E-state index in [1.165, 1.54) is 4.88 Å². The fourth-order valence-corrected chi connectivity index (χ4v) is 3.81. The summed E-state index contributed by atoms with van der Waals surface area (Å²) in [5, 5.41) is 10.3. The van der Waals surface area contributed by atoms with E-state index in [1.54, 1.807) is 17.4 Å². The number of fused-ring (bicyclic) bond motifs is 1. The summed E-state index contributed by atoms with van der Waals surface area (Å²) in [5.41, 5.74) is 4.89. The molecule has 0 fully saturated rings. The average Bonchev–Trinajstić information content (AvgIpc) is 2.76. The lowest BCUT2D eigenvalue weighted by Gasteiger charge is -2.10. The number of rotatable bonds is 2. The van der Waals surface area contributed by atoms with Crippen LogP contribution in [0.4, 0.5) is 0 Å². The molecule has 22 heavy (non-hydrogen) atoms. The highest BCUT2D eigenvalue weighted by Gasteiger charge is 2.16. The molecule has 0 aliphatic carbocycles. The molecule has 3 rings (SSSR count). The molecule has 112 valence electrons. The Balaban J connectivity index is 2.39. The zero-order valence-corrected chi connectivity index (χ0v) is 13.8. The van der Waals surface area contributed by atoms with E-state index in [1.807, 2.05) is 32.9 Å². The number of benzene rings is 1. The van der Waals surface area contributed by atoms with E-state index in [0.29, 0.717) is 10.9 Å². The maximum absolute atomic E-state index is 11.7. The van der Waals surface area contributed by atoms with Crippen LogP contribution in [0.3, 0.4) is 0 Å². The first-order valence-electron chi connectivity index (χ1n) is 7.09. The zero-order valence-electron chi connectivity index (χ0n) is 13.0. The van der Waals surface area contributed by atoms with Crippen molar-refractivity contribution in [3.8, 4) is 11.3 Å². The summed E-state index contributed by atoms with van der Waals surface area (Å²) in [4.78, 5) is 18.8. The number of carboxylic acid groups (broad SMARTS) is 1. The second kappa shape index (κ2) is 5.21. The summed E-state index contributed by atoms with van der Waals surface area (Å²) in [6, 6.07) is 7.70. The molecule has 0 atom stereocenters. The molecular formula is C18H17NO2S.